The van der Waals surface area contributed by atoms with Crippen LogP contribution in [0.25, 0.3) is 0 Å². The third kappa shape index (κ3) is 4.78. The van der Waals surface area contributed by atoms with E-state index in [-0.39, 0.29) is 0 Å². The molecule has 0 aliphatic carbocycles. The number of ketones is 1. The van der Waals surface area contributed by atoms with Crippen LogP contribution < -0.4 is 0 Å². The molecule has 88 valence electrons. The van der Waals surface area contributed by atoms with Crippen LogP contribution in [0.5, 0.6) is 0 Å². The Labute approximate surface area is 94.0 Å². The standard InChI is InChI=1S/C13H25NO/c1-11(2)10-14-9-5-4-6-13(14)8-7-12(3)15/h11,13H,4-10H2,1-3H3. The summed E-state index contributed by atoms with van der Waals surface area (Å²) in [6.45, 7) is 8.69. The first-order chi connectivity index (χ1) is 7.09. The zero-order valence-corrected chi connectivity index (χ0v) is 10.5. The van der Waals surface area contributed by atoms with E-state index in [1.54, 1.807) is 6.92 Å². The van der Waals surface area contributed by atoms with E-state index in [9.17, 15) is 4.79 Å². The molecule has 2 heteroatoms. The molecule has 1 unspecified atom stereocenters. The minimum atomic E-state index is 0.338. The Balaban J connectivity index is 2.38. The number of carbonyl (C=O) groups excluding carboxylic acids is 1. The maximum Gasteiger partial charge on any atom is 0.129 e. The van der Waals surface area contributed by atoms with Crippen molar-refractivity contribution in [2.75, 3.05) is 13.1 Å². The second kappa shape index (κ2) is 6.26. The van der Waals surface area contributed by atoms with E-state index in [4.69, 9.17) is 0 Å². The van der Waals surface area contributed by atoms with Gasteiger partial charge in [0.15, 0.2) is 0 Å². The van der Waals surface area contributed by atoms with Gasteiger partial charge in [-0.3, -0.25) is 0 Å². The molecule has 0 saturated carbocycles. The lowest BCUT2D eigenvalue weighted by atomic mass is 9.96. The van der Waals surface area contributed by atoms with Crippen LogP contribution in [0.4, 0.5) is 0 Å². The van der Waals surface area contributed by atoms with Gasteiger partial charge >= 0.3 is 0 Å². The van der Waals surface area contributed by atoms with E-state index in [2.05, 4.69) is 18.7 Å². The number of hydrogen-bond donors (Lipinski definition) is 0. The van der Waals surface area contributed by atoms with Gasteiger partial charge in [0.1, 0.15) is 5.78 Å². The fourth-order valence-corrected chi connectivity index (χ4v) is 2.47. The highest BCUT2D eigenvalue weighted by atomic mass is 16.1. The highest BCUT2D eigenvalue weighted by Gasteiger charge is 2.22. The quantitative estimate of drug-likeness (QED) is 0.697. The first kappa shape index (κ1) is 12.7. The Kier molecular flexibility index (Phi) is 5.30. The van der Waals surface area contributed by atoms with Gasteiger partial charge in [-0.05, 0) is 38.6 Å². The van der Waals surface area contributed by atoms with Crippen molar-refractivity contribution in [1.29, 1.82) is 0 Å². The lowest BCUT2D eigenvalue weighted by molar-refractivity contribution is -0.117. The molecule has 0 aromatic rings. The summed E-state index contributed by atoms with van der Waals surface area (Å²) in [6.07, 6.45) is 5.81. The van der Waals surface area contributed by atoms with Crippen molar-refractivity contribution in [3.8, 4) is 0 Å². The molecule has 1 atom stereocenters. The molecule has 1 heterocycles. The fourth-order valence-electron chi connectivity index (χ4n) is 2.47. The van der Waals surface area contributed by atoms with Crippen molar-refractivity contribution in [2.45, 2.75) is 58.9 Å². The summed E-state index contributed by atoms with van der Waals surface area (Å²) in [4.78, 5) is 13.6. The number of nitrogens with zero attached hydrogens (tertiary/aromatic N) is 1. The normalized spacial score (nSPS) is 23.3. The van der Waals surface area contributed by atoms with E-state index in [0.717, 1.165) is 18.8 Å². The highest BCUT2D eigenvalue weighted by Crippen LogP contribution is 2.21. The maximum atomic E-state index is 11.0. The molecule has 1 fully saturated rings. The van der Waals surface area contributed by atoms with Crippen molar-refractivity contribution >= 4 is 5.78 Å². The summed E-state index contributed by atoms with van der Waals surface area (Å²) in [5, 5.41) is 0. The highest BCUT2D eigenvalue weighted by molar-refractivity contribution is 5.75. The van der Waals surface area contributed by atoms with E-state index in [1.807, 2.05) is 0 Å². The van der Waals surface area contributed by atoms with Crippen LogP contribution >= 0.6 is 0 Å². The van der Waals surface area contributed by atoms with Crippen molar-refractivity contribution in [3.05, 3.63) is 0 Å². The molecule has 2 nitrogen and oxygen atoms in total. The predicted molar refractivity (Wildman–Crippen MR) is 64.0 cm³/mol. The molecule has 1 saturated heterocycles. The first-order valence-corrected chi connectivity index (χ1v) is 6.33. The molecule has 0 radical (unpaired) electrons. The Morgan fingerprint density at radius 2 is 2.13 bits per heavy atom. The van der Waals surface area contributed by atoms with Gasteiger partial charge in [-0.2, -0.15) is 0 Å². The zero-order chi connectivity index (χ0) is 11.3. The zero-order valence-electron chi connectivity index (χ0n) is 10.5. The number of Topliss-reactive ketones (excluding diaryl/α,β-unsaturated/α-hetero) is 1. The molecular weight excluding hydrogens is 186 g/mol. The molecule has 1 aliphatic rings. The van der Waals surface area contributed by atoms with Crippen LogP contribution in [-0.4, -0.2) is 29.8 Å². The fraction of sp³-hybridized carbons (Fsp3) is 0.923. The second-order valence-electron chi connectivity index (χ2n) is 5.28. The van der Waals surface area contributed by atoms with Crippen molar-refractivity contribution < 1.29 is 4.79 Å². The summed E-state index contributed by atoms with van der Waals surface area (Å²) < 4.78 is 0. The van der Waals surface area contributed by atoms with E-state index in [0.29, 0.717) is 11.8 Å². The van der Waals surface area contributed by atoms with Crippen LogP contribution in [0.3, 0.4) is 0 Å². The molecule has 0 aromatic heterocycles. The van der Waals surface area contributed by atoms with Crippen LogP contribution in [-0.2, 0) is 4.79 Å². The van der Waals surface area contributed by atoms with Crippen molar-refractivity contribution in [1.82, 2.24) is 4.90 Å². The molecule has 1 aliphatic heterocycles. The number of carbonyl (C=O) groups is 1. The lowest BCUT2D eigenvalue weighted by Crippen LogP contribution is -2.41. The molecular formula is C13H25NO. The minimum Gasteiger partial charge on any atom is -0.300 e. The van der Waals surface area contributed by atoms with Crippen molar-refractivity contribution in [3.63, 3.8) is 0 Å². The van der Waals surface area contributed by atoms with Gasteiger partial charge in [-0.1, -0.05) is 20.3 Å². The third-order valence-corrected chi connectivity index (χ3v) is 3.18. The topological polar surface area (TPSA) is 20.3 Å². The Hall–Kier alpha value is -0.370. The number of hydrogen-bond acceptors (Lipinski definition) is 2. The summed E-state index contributed by atoms with van der Waals surface area (Å²) in [6, 6.07) is 0.671. The van der Waals surface area contributed by atoms with Crippen LogP contribution in [0.15, 0.2) is 0 Å². The monoisotopic (exact) mass is 211 g/mol. The summed E-state index contributed by atoms with van der Waals surface area (Å²) in [5.74, 6) is 1.08. The van der Waals surface area contributed by atoms with Gasteiger partial charge in [-0.15, -0.1) is 0 Å². The number of rotatable bonds is 5. The molecule has 0 aromatic carbocycles. The van der Waals surface area contributed by atoms with Gasteiger partial charge in [0.25, 0.3) is 0 Å². The molecule has 0 spiro atoms. The van der Waals surface area contributed by atoms with Gasteiger partial charge in [0.05, 0.1) is 0 Å². The second-order valence-corrected chi connectivity index (χ2v) is 5.28. The smallest absolute Gasteiger partial charge is 0.129 e. The SMILES string of the molecule is CC(=O)CCC1CCCCN1CC(C)C. The number of piperidine rings is 1. The maximum absolute atomic E-state index is 11.0. The van der Waals surface area contributed by atoms with Crippen molar-refractivity contribution in [2.24, 2.45) is 5.92 Å². The Bertz CT molecular complexity index is 201. The minimum absolute atomic E-state index is 0.338. The molecule has 1 rings (SSSR count). The van der Waals surface area contributed by atoms with Crippen LogP contribution in [0.2, 0.25) is 0 Å². The Morgan fingerprint density at radius 1 is 1.40 bits per heavy atom. The predicted octanol–water partition coefficient (Wildman–Crippen LogP) is 2.87. The lowest BCUT2D eigenvalue weighted by Gasteiger charge is -2.36. The average molecular weight is 211 g/mol. The average Bonchev–Trinajstić information content (AvgIpc) is 2.15. The summed E-state index contributed by atoms with van der Waals surface area (Å²) in [5.41, 5.74) is 0. The summed E-state index contributed by atoms with van der Waals surface area (Å²) in [7, 11) is 0. The van der Waals surface area contributed by atoms with Crippen LogP contribution in [0.1, 0.15) is 52.9 Å². The van der Waals surface area contributed by atoms with E-state index < -0.39 is 0 Å². The molecule has 15 heavy (non-hydrogen) atoms. The molecule has 0 bridgehead atoms. The Morgan fingerprint density at radius 3 is 2.73 bits per heavy atom. The van der Waals surface area contributed by atoms with Gasteiger partial charge in [0.2, 0.25) is 0 Å². The first-order valence-electron chi connectivity index (χ1n) is 6.33. The van der Waals surface area contributed by atoms with E-state index >= 15 is 0 Å². The largest absolute Gasteiger partial charge is 0.300 e. The molecule has 0 N–H and O–H groups in total. The third-order valence-electron chi connectivity index (χ3n) is 3.18. The van der Waals surface area contributed by atoms with Crippen LogP contribution in [0, 0.1) is 5.92 Å². The van der Waals surface area contributed by atoms with Gasteiger partial charge in [-0.25, -0.2) is 0 Å². The summed E-state index contributed by atoms with van der Waals surface area (Å²) >= 11 is 0. The number of likely N-dealkylation sites (tertiary alicyclic amines) is 1. The van der Waals surface area contributed by atoms with Gasteiger partial charge in [0, 0.05) is 19.0 Å². The van der Waals surface area contributed by atoms with E-state index in [1.165, 1.54) is 32.4 Å². The van der Waals surface area contributed by atoms with Gasteiger partial charge < -0.3 is 9.69 Å². The molecule has 0 amide bonds.